The molecule has 0 unspecified atom stereocenters. The topological polar surface area (TPSA) is 46.6 Å². The van der Waals surface area contributed by atoms with Crippen LogP contribution in [0.5, 0.6) is 0 Å². The predicted molar refractivity (Wildman–Crippen MR) is 70.1 cm³/mol. The van der Waals surface area contributed by atoms with Crippen LogP contribution in [-0.2, 0) is 14.3 Å². The second kappa shape index (κ2) is 7.39. The van der Waals surface area contributed by atoms with Crippen LogP contribution in [0.2, 0.25) is 0 Å². The smallest absolute Gasteiger partial charge is 0.307 e. The maximum atomic E-state index is 12.3. The normalized spacial score (nSPS) is 14.7. The lowest BCUT2D eigenvalue weighted by molar-refractivity contribution is -0.144. The number of amides is 1. The first-order valence-corrected chi connectivity index (χ1v) is 7.10. The summed E-state index contributed by atoms with van der Waals surface area (Å²) >= 11 is 0. The van der Waals surface area contributed by atoms with Gasteiger partial charge in [0.2, 0.25) is 5.91 Å². The summed E-state index contributed by atoms with van der Waals surface area (Å²) in [5, 5.41) is 0. The van der Waals surface area contributed by atoms with Gasteiger partial charge in [-0.2, -0.15) is 0 Å². The Morgan fingerprint density at radius 2 is 1.83 bits per heavy atom. The van der Waals surface area contributed by atoms with E-state index in [2.05, 4.69) is 0 Å². The molecule has 0 spiro atoms. The molecule has 0 aromatic carbocycles. The number of rotatable bonds is 8. The summed E-state index contributed by atoms with van der Waals surface area (Å²) < 4.78 is 4.91. The van der Waals surface area contributed by atoms with E-state index < -0.39 is 0 Å². The molecule has 0 atom stereocenters. The van der Waals surface area contributed by atoms with E-state index in [0.717, 1.165) is 25.7 Å². The average Bonchev–Trinajstić information content (AvgIpc) is 3.16. The lowest BCUT2D eigenvalue weighted by Crippen LogP contribution is -2.39. The Bertz CT molecular complexity index is 283. The molecule has 18 heavy (non-hydrogen) atoms. The lowest BCUT2D eigenvalue weighted by Gasteiger charge is -2.26. The lowest BCUT2D eigenvalue weighted by atomic mass is 10.0. The fraction of sp³-hybridized carbons (Fsp3) is 0.857. The third-order valence-corrected chi connectivity index (χ3v) is 3.47. The fourth-order valence-corrected chi connectivity index (χ4v) is 2.18. The second-order valence-electron chi connectivity index (χ2n) is 4.83. The molecule has 1 aliphatic carbocycles. The Kier molecular flexibility index (Phi) is 6.16. The largest absolute Gasteiger partial charge is 0.466 e. The minimum atomic E-state index is -0.208. The summed E-state index contributed by atoms with van der Waals surface area (Å²) in [4.78, 5) is 25.6. The molecule has 0 aliphatic heterocycles. The molecule has 1 aliphatic rings. The van der Waals surface area contributed by atoms with Crippen LogP contribution in [0.25, 0.3) is 0 Å². The Morgan fingerprint density at radius 3 is 2.28 bits per heavy atom. The number of carbonyl (C=O) groups excluding carboxylic acids is 2. The van der Waals surface area contributed by atoms with Gasteiger partial charge in [-0.05, 0) is 32.6 Å². The van der Waals surface area contributed by atoms with Crippen LogP contribution in [-0.4, -0.2) is 36.0 Å². The van der Waals surface area contributed by atoms with E-state index in [1.807, 2.05) is 18.7 Å². The van der Waals surface area contributed by atoms with Crippen LogP contribution >= 0.6 is 0 Å². The predicted octanol–water partition coefficient (Wildman–Crippen LogP) is 2.37. The monoisotopic (exact) mass is 255 g/mol. The van der Waals surface area contributed by atoms with Crippen molar-refractivity contribution in [2.45, 2.75) is 58.9 Å². The number of hydrogen-bond donors (Lipinski definition) is 0. The van der Waals surface area contributed by atoms with E-state index in [9.17, 15) is 9.59 Å². The van der Waals surface area contributed by atoms with Gasteiger partial charge >= 0.3 is 5.97 Å². The Hall–Kier alpha value is -1.06. The zero-order chi connectivity index (χ0) is 13.5. The molecule has 1 rings (SSSR count). The molecule has 0 bridgehead atoms. The van der Waals surface area contributed by atoms with E-state index in [1.54, 1.807) is 6.92 Å². The van der Waals surface area contributed by atoms with Gasteiger partial charge in [-0.15, -0.1) is 0 Å². The summed E-state index contributed by atoms with van der Waals surface area (Å²) in [6.45, 7) is 6.80. The highest BCUT2D eigenvalue weighted by Crippen LogP contribution is 2.29. The number of nitrogens with zero attached hydrogens (tertiary/aromatic N) is 1. The molecule has 4 heteroatoms. The van der Waals surface area contributed by atoms with Crippen molar-refractivity contribution in [1.82, 2.24) is 4.90 Å². The maximum Gasteiger partial charge on any atom is 0.307 e. The van der Waals surface area contributed by atoms with Crippen molar-refractivity contribution >= 4 is 11.9 Å². The summed E-state index contributed by atoms with van der Waals surface area (Å²) in [6, 6.07) is 0.368. The van der Waals surface area contributed by atoms with Crippen LogP contribution in [0.3, 0.4) is 0 Å². The Labute approximate surface area is 110 Å². The van der Waals surface area contributed by atoms with Gasteiger partial charge in [0.05, 0.1) is 13.0 Å². The van der Waals surface area contributed by atoms with Crippen LogP contribution < -0.4 is 0 Å². The van der Waals surface area contributed by atoms with Crippen LogP contribution in [0.15, 0.2) is 0 Å². The molecular weight excluding hydrogens is 230 g/mol. The number of ether oxygens (including phenoxy) is 1. The third-order valence-electron chi connectivity index (χ3n) is 3.47. The molecule has 0 aromatic heterocycles. The first kappa shape index (κ1) is 15.0. The quantitative estimate of drug-likeness (QED) is 0.626. The maximum absolute atomic E-state index is 12.3. The molecule has 0 heterocycles. The average molecular weight is 255 g/mol. The van der Waals surface area contributed by atoms with Crippen molar-refractivity contribution in [3.05, 3.63) is 0 Å². The van der Waals surface area contributed by atoms with Crippen molar-refractivity contribution in [1.29, 1.82) is 0 Å². The van der Waals surface area contributed by atoms with E-state index in [-0.39, 0.29) is 17.8 Å². The van der Waals surface area contributed by atoms with Gasteiger partial charge in [-0.3, -0.25) is 9.59 Å². The second-order valence-corrected chi connectivity index (χ2v) is 4.83. The van der Waals surface area contributed by atoms with Gasteiger partial charge in [0, 0.05) is 18.5 Å². The Morgan fingerprint density at radius 1 is 1.22 bits per heavy atom. The van der Waals surface area contributed by atoms with E-state index >= 15 is 0 Å². The van der Waals surface area contributed by atoms with Crippen molar-refractivity contribution in [3.63, 3.8) is 0 Å². The summed E-state index contributed by atoms with van der Waals surface area (Å²) in [5.41, 5.74) is 0. The van der Waals surface area contributed by atoms with E-state index in [4.69, 9.17) is 4.74 Å². The van der Waals surface area contributed by atoms with Crippen molar-refractivity contribution in [2.75, 3.05) is 13.2 Å². The molecule has 0 N–H and O–H groups in total. The number of carbonyl (C=O) groups is 2. The van der Waals surface area contributed by atoms with Crippen LogP contribution in [0.4, 0.5) is 0 Å². The van der Waals surface area contributed by atoms with Gasteiger partial charge in [-0.25, -0.2) is 0 Å². The minimum absolute atomic E-state index is 0.104. The number of hydrogen-bond acceptors (Lipinski definition) is 3. The van der Waals surface area contributed by atoms with Crippen molar-refractivity contribution in [2.24, 2.45) is 5.92 Å². The van der Waals surface area contributed by atoms with Crippen molar-refractivity contribution < 1.29 is 14.3 Å². The van der Waals surface area contributed by atoms with Crippen molar-refractivity contribution in [3.8, 4) is 0 Å². The van der Waals surface area contributed by atoms with Gasteiger partial charge in [0.1, 0.15) is 0 Å². The molecular formula is C14H25NO3. The molecule has 1 saturated carbocycles. The fourth-order valence-electron chi connectivity index (χ4n) is 2.18. The van der Waals surface area contributed by atoms with Gasteiger partial charge in [-0.1, -0.05) is 13.8 Å². The first-order valence-electron chi connectivity index (χ1n) is 7.10. The highest BCUT2D eigenvalue weighted by Gasteiger charge is 2.34. The molecule has 0 aromatic rings. The Balaban J connectivity index is 2.49. The third kappa shape index (κ3) is 4.31. The molecule has 1 amide bonds. The summed E-state index contributed by atoms with van der Waals surface area (Å²) in [6.07, 6.45) is 4.22. The molecule has 4 nitrogen and oxygen atoms in total. The van der Waals surface area contributed by atoms with Crippen LogP contribution in [0, 0.1) is 5.92 Å². The first-order chi connectivity index (χ1) is 8.63. The molecule has 0 radical (unpaired) electrons. The number of esters is 1. The highest BCUT2D eigenvalue weighted by molar-refractivity contribution is 5.80. The standard InChI is InChI=1S/C14H25NO3/c1-4-11(5-2)14(17)15(12-7-8-12)10-9-13(16)18-6-3/h11-12H,4-10H2,1-3H3. The van der Waals surface area contributed by atoms with Gasteiger partial charge in [0.25, 0.3) is 0 Å². The van der Waals surface area contributed by atoms with E-state index in [1.165, 1.54) is 0 Å². The molecule has 1 fully saturated rings. The minimum Gasteiger partial charge on any atom is -0.466 e. The SMILES string of the molecule is CCOC(=O)CCN(C(=O)C(CC)CC)C1CC1. The summed E-state index contributed by atoms with van der Waals surface area (Å²) in [7, 11) is 0. The molecule has 0 saturated heterocycles. The van der Waals surface area contributed by atoms with Crippen LogP contribution in [0.1, 0.15) is 52.9 Å². The summed E-state index contributed by atoms with van der Waals surface area (Å²) in [5.74, 6) is 0.111. The zero-order valence-electron chi connectivity index (χ0n) is 11.8. The zero-order valence-corrected chi connectivity index (χ0v) is 11.8. The highest BCUT2D eigenvalue weighted by atomic mass is 16.5. The van der Waals surface area contributed by atoms with E-state index in [0.29, 0.717) is 25.6 Å². The molecule has 104 valence electrons. The van der Waals surface area contributed by atoms with Gasteiger partial charge < -0.3 is 9.64 Å². The van der Waals surface area contributed by atoms with Gasteiger partial charge in [0.15, 0.2) is 0 Å².